The number of para-hydroxylation sites is 1. The Labute approximate surface area is 177 Å². The Morgan fingerprint density at radius 3 is 2.71 bits per heavy atom. The van der Waals surface area contributed by atoms with Crippen molar-refractivity contribution in [2.24, 2.45) is 0 Å². The fourth-order valence-corrected chi connectivity index (χ4v) is 4.40. The molecule has 0 aromatic heterocycles. The number of hydrogen-bond donors (Lipinski definition) is 3. The second-order valence-electron chi connectivity index (χ2n) is 7.61. The molecule has 2 aliphatic heterocycles. The Morgan fingerprint density at radius 2 is 1.96 bits per heavy atom. The molecule has 2 aromatic carbocycles. The van der Waals surface area contributed by atoms with Gasteiger partial charge in [0, 0.05) is 15.7 Å². The summed E-state index contributed by atoms with van der Waals surface area (Å²) in [4.78, 5) is 12.9. The Hall–Kier alpha value is -1.52. The van der Waals surface area contributed by atoms with Crippen LogP contribution in [0.25, 0.3) is 0 Å². The molecule has 0 radical (unpaired) electrons. The molecule has 0 spiro atoms. The number of benzene rings is 2. The second kappa shape index (κ2) is 7.38. The van der Waals surface area contributed by atoms with Crippen molar-refractivity contribution in [2.75, 3.05) is 11.9 Å². The van der Waals surface area contributed by atoms with E-state index in [0.29, 0.717) is 24.4 Å². The van der Waals surface area contributed by atoms with E-state index in [4.69, 9.17) is 9.47 Å². The third-order valence-corrected chi connectivity index (χ3v) is 6.12. The lowest BCUT2D eigenvalue weighted by atomic mass is 9.84. The smallest absolute Gasteiger partial charge is 0.263 e. The molecule has 1 unspecified atom stereocenters. The van der Waals surface area contributed by atoms with Gasteiger partial charge >= 0.3 is 0 Å². The summed E-state index contributed by atoms with van der Waals surface area (Å²) >= 11 is 2.15. The van der Waals surface area contributed by atoms with Crippen LogP contribution in [-0.2, 0) is 26.4 Å². The van der Waals surface area contributed by atoms with E-state index >= 15 is 0 Å². The summed E-state index contributed by atoms with van der Waals surface area (Å²) in [5, 5.41) is 17.9. The highest BCUT2D eigenvalue weighted by molar-refractivity contribution is 14.1. The Bertz CT molecular complexity index is 889. The molecule has 0 saturated carbocycles. The van der Waals surface area contributed by atoms with Gasteiger partial charge in [0.25, 0.3) is 5.91 Å². The molecular weight excluding hydrogens is 471 g/mol. The predicted octanol–water partition coefficient (Wildman–Crippen LogP) is 2.74. The summed E-state index contributed by atoms with van der Waals surface area (Å²) in [5.74, 6) is -1.38. The zero-order valence-corrected chi connectivity index (χ0v) is 17.9. The number of carbonyl (C=O) groups excluding carboxylic acids is 1. The first-order valence-electron chi connectivity index (χ1n) is 9.23. The van der Waals surface area contributed by atoms with E-state index in [1.807, 2.05) is 42.5 Å². The Morgan fingerprint density at radius 1 is 1.21 bits per heavy atom. The van der Waals surface area contributed by atoms with Crippen molar-refractivity contribution >= 4 is 34.2 Å². The van der Waals surface area contributed by atoms with Crippen LogP contribution in [0.5, 0.6) is 0 Å². The summed E-state index contributed by atoms with van der Waals surface area (Å²) in [7, 11) is 0. The van der Waals surface area contributed by atoms with Crippen LogP contribution in [0.3, 0.4) is 0 Å². The fraction of sp³-hybridized carbons (Fsp3) is 0.381. The van der Waals surface area contributed by atoms with Crippen LogP contribution in [-0.4, -0.2) is 35.6 Å². The molecule has 2 heterocycles. The average Bonchev–Trinajstić information content (AvgIpc) is 2.94. The third-order valence-electron chi connectivity index (χ3n) is 5.22. The summed E-state index contributed by atoms with van der Waals surface area (Å²) in [6.07, 6.45) is -0.806. The van der Waals surface area contributed by atoms with Gasteiger partial charge in [-0.1, -0.05) is 42.5 Å². The lowest BCUT2D eigenvalue weighted by molar-refractivity contribution is -0.310. The third kappa shape index (κ3) is 3.46. The van der Waals surface area contributed by atoms with Gasteiger partial charge in [0.05, 0.1) is 18.3 Å². The van der Waals surface area contributed by atoms with Gasteiger partial charge in [-0.15, -0.1) is 0 Å². The van der Waals surface area contributed by atoms with Crippen LogP contribution >= 0.6 is 22.6 Å². The van der Waals surface area contributed by atoms with Gasteiger partial charge < -0.3 is 25.2 Å². The molecule has 2 aliphatic rings. The molecule has 3 N–H and O–H groups in total. The number of rotatable bonds is 4. The number of amides is 1. The van der Waals surface area contributed by atoms with Gasteiger partial charge in [0.2, 0.25) is 0 Å². The van der Waals surface area contributed by atoms with Gasteiger partial charge in [-0.25, -0.2) is 0 Å². The average molecular weight is 494 g/mol. The van der Waals surface area contributed by atoms with Crippen molar-refractivity contribution in [3.05, 3.63) is 63.2 Å². The molecule has 3 atom stereocenters. The Balaban J connectivity index is 1.67. The number of halogens is 1. The first-order valence-corrected chi connectivity index (χ1v) is 10.3. The molecule has 4 rings (SSSR count). The summed E-state index contributed by atoms with van der Waals surface area (Å²) in [5.41, 5.74) is 0.485. The second-order valence-corrected chi connectivity index (χ2v) is 8.77. The quantitative estimate of drug-likeness (QED) is 0.570. The topological polar surface area (TPSA) is 79.8 Å². The molecule has 0 aliphatic carbocycles. The number of hydrogen-bond acceptors (Lipinski definition) is 5. The van der Waals surface area contributed by atoms with Crippen LogP contribution in [0.2, 0.25) is 0 Å². The Kier molecular flexibility index (Phi) is 5.22. The lowest BCUT2D eigenvalue weighted by Crippen LogP contribution is -2.63. The first-order chi connectivity index (χ1) is 13.3. The number of ether oxygens (including phenoxy) is 2. The largest absolute Gasteiger partial charge is 0.373 e. The highest BCUT2D eigenvalue weighted by Crippen LogP contribution is 2.44. The van der Waals surface area contributed by atoms with E-state index in [1.54, 1.807) is 19.9 Å². The minimum atomic E-state index is -1.80. The lowest BCUT2D eigenvalue weighted by Gasteiger charge is -2.46. The maximum atomic E-state index is 12.9. The van der Waals surface area contributed by atoms with Crippen molar-refractivity contribution in [3.63, 3.8) is 0 Å². The van der Waals surface area contributed by atoms with E-state index in [-0.39, 0.29) is 6.04 Å². The minimum absolute atomic E-state index is 0.319. The molecule has 1 saturated heterocycles. The molecule has 7 heteroatoms. The molecule has 28 heavy (non-hydrogen) atoms. The van der Waals surface area contributed by atoms with E-state index < -0.39 is 23.4 Å². The van der Waals surface area contributed by atoms with E-state index in [9.17, 15) is 9.90 Å². The van der Waals surface area contributed by atoms with Gasteiger partial charge in [0.15, 0.2) is 11.4 Å². The zero-order chi connectivity index (χ0) is 19.9. The van der Waals surface area contributed by atoms with Gasteiger partial charge in [-0.3, -0.25) is 4.79 Å². The van der Waals surface area contributed by atoms with E-state index in [2.05, 4.69) is 33.2 Å². The monoisotopic (exact) mass is 494 g/mol. The predicted molar refractivity (Wildman–Crippen MR) is 114 cm³/mol. The van der Waals surface area contributed by atoms with Crippen LogP contribution < -0.4 is 10.6 Å². The van der Waals surface area contributed by atoms with Crippen molar-refractivity contribution in [2.45, 2.75) is 43.9 Å². The fourth-order valence-electron chi connectivity index (χ4n) is 3.77. The molecule has 1 amide bonds. The molecule has 6 nitrogen and oxygen atoms in total. The maximum absolute atomic E-state index is 12.9. The highest BCUT2D eigenvalue weighted by atomic mass is 127. The van der Waals surface area contributed by atoms with Crippen LogP contribution in [0, 0.1) is 3.57 Å². The van der Waals surface area contributed by atoms with Crippen molar-refractivity contribution in [1.82, 2.24) is 5.32 Å². The maximum Gasteiger partial charge on any atom is 0.263 e. The number of fused-ring (bicyclic) bond motifs is 1. The minimum Gasteiger partial charge on any atom is -0.373 e. The van der Waals surface area contributed by atoms with Crippen LogP contribution in [0.15, 0.2) is 48.5 Å². The summed E-state index contributed by atoms with van der Waals surface area (Å²) in [6.45, 7) is 4.48. The molecule has 0 bridgehead atoms. The van der Waals surface area contributed by atoms with E-state index in [0.717, 1.165) is 9.13 Å². The zero-order valence-electron chi connectivity index (χ0n) is 15.7. The number of aliphatic hydroxyl groups is 1. The molecular formula is C21H23IN2O4. The highest BCUT2D eigenvalue weighted by Gasteiger charge is 2.58. The molecule has 148 valence electrons. The van der Waals surface area contributed by atoms with Crippen molar-refractivity contribution in [3.8, 4) is 0 Å². The normalized spacial score (nSPS) is 28.6. The molecule has 1 fully saturated rings. The van der Waals surface area contributed by atoms with Gasteiger partial charge in [-0.05, 0) is 48.1 Å². The first kappa shape index (κ1) is 19.8. The SMILES string of the molecule is CC1(C)OCC(NCc2ccccc2)[C@H]([C@]2(O)C(=O)Nc3c(I)cccc32)O1. The number of nitrogens with one attached hydrogen (secondary N) is 2. The number of carbonyl (C=O) groups is 1. The van der Waals surface area contributed by atoms with Crippen LogP contribution in [0.1, 0.15) is 25.0 Å². The summed E-state index contributed by atoms with van der Waals surface area (Å²) < 4.78 is 12.8. The number of anilines is 1. The van der Waals surface area contributed by atoms with Crippen LogP contribution in [0.4, 0.5) is 5.69 Å². The van der Waals surface area contributed by atoms with Crippen molar-refractivity contribution in [1.29, 1.82) is 0 Å². The standard InChI is InChI=1S/C21H23IN2O4/c1-20(2)27-12-16(23-11-13-7-4-3-5-8-13)18(28-20)21(26)14-9-6-10-15(22)17(14)24-19(21)25/h3-10,16,18,23,26H,11-12H2,1-2H3,(H,24,25)/t16?,18-,21+/m1/s1. The molecule has 2 aromatic rings. The summed E-state index contributed by atoms with van der Waals surface area (Å²) in [6, 6.07) is 15.1. The van der Waals surface area contributed by atoms with Crippen molar-refractivity contribution < 1.29 is 19.4 Å². The van der Waals surface area contributed by atoms with E-state index in [1.165, 1.54) is 0 Å². The van der Waals surface area contributed by atoms with Gasteiger partial charge in [-0.2, -0.15) is 0 Å². The van der Waals surface area contributed by atoms with Gasteiger partial charge in [0.1, 0.15) is 6.10 Å².